The van der Waals surface area contributed by atoms with Gasteiger partial charge in [0.05, 0.1) is 12.8 Å². The predicted molar refractivity (Wildman–Crippen MR) is 124 cm³/mol. The van der Waals surface area contributed by atoms with Crippen molar-refractivity contribution in [2.75, 3.05) is 36.3 Å². The number of amides is 1. The van der Waals surface area contributed by atoms with Crippen LogP contribution in [0, 0.1) is 5.82 Å². The first-order valence-electron chi connectivity index (χ1n) is 9.39. The standard InChI is InChI=1S/C22H22FN5O3.3H2/c1-3-20(29)25-16-5-4-6-17(13-16)26-21-19(23)14-24-22(28-21)27-15-7-9-18(10-8-15)31-12-11-30-2;;;/h3-10,13-14H,1,11-12H2,2H3,(H,25,29)(H2,24,26,27,28);3*1H. The zero-order valence-corrected chi connectivity index (χ0v) is 16.9. The van der Waals surface area contributed by atoms with Crippen LogP contribution in [0.25, 0.3) is 0 Å². The Balaban J connectivity index is 0.00000363. The van der Waals surface area contributed by atoms with Crippen molar-refractivity contribution in [1.82, 2.24) is 9.97 Å². The maximum Gasteiger partial charge on any atom is 0.247 e. The minimum atomic E-state index is -0.618. The van der Waals surface area contributed by atoms with E-state index in [1.54, 1.807) is 55.6 Å². The van der Waals surface area contributed by atoms with Gasteiger partial charge in [-0.25, -0.2) is 9.37 Å². The Morgan fingerprint density at radius 3 is 2.65 bits per heavy atom. The molecule has 0 saturated carbocycles. The largest absolute Gasteiger partial charge is 0.491 e. The molecule has 1 aromatic heterocycles. The van der Waals surface area contributed by atoms with Crippen LogP contribution in [0.1, 0.15) is 4.28 Å². The highest BCUT2D eigenvalue weighted by Gasteiger charge is 2.09. The maximum atomic E-state index is 14.2. The lowest BCUT2D eigenvalue weighted by Gasteiger charge is -2.11. The average Bonchev–Trinajstić information content (AvgIpc) is 2.77. The van der Waals surface area contributed by atoms with Crippen LogP contribution in [-0.2, 0) is 9.53 Å². The number of halogens is 1. The van der Waals surface area contributed by atoms with Gasteiger partial charge < -0.3 is 25.4 Å². The summed E-state index contributed by atoms with van der Waals surface area (Å²) in [7, 11) is 1.61. The van der Waals surface area contributed by atoms with Crippen molar-refractivity contribution >= 4 is 34.7 Å². The Bertz CT molecular complexity index is 1060. The monoisotopic (exact) mass is 429 g/mol. The summed E-state index contributed by atoms with van der Waals surface area (Å²) in [5, 5.41) is 8.56. The third kappa shape index (κ3) is 6.51. The van der Waals surface area contributed by atoms with E-state index in [9.17, 15) is 9.18 Å². The second kappa shape index (κ2) is 10.7. The van der Waals surface area contributed by atoms with Crippen LogP contribution in [0.4, 0.5) is 33.2 Å². The van der Waals surface area contributed by atoms with E-state index < -0.39 is 5.82 Å². The molecule has 2 aromatic carbocycles. The zero-order valence-electron chi connectivity index (χ0n) is 16.9. The van der Waals surface area contributed by atoms with Crippen molar-refractivity contribution in [2.45, 2.75) is 0 Å². The first-order valence-corrected chi connectivity index (χ1v) is 9.39. The van der Waals surface area contributed by atoms with Crippen molar-refractivity contribution in [3.8, 4) is 5.75 Å². The number of aromatic nitrogens is 2. The van der Waals surface area contributed by atoms with Gasteiger partial charge in [0.15, 0.2) is 11.6 Å². The van der Waals surface area contributed by atoms with Crippen LogP contribution in [0.5, 0.6) is 5.75 Å². The minimum absolute atomic E-state index is 0. The summed E-state index contributed by atoms with van der Waals surface area (Å²) in [6.45, 7) is 4.37. The van der Waals surface area contributed by atoms with Crippen molar-refractivity contribution in [1.29, 1.82) is 0 Å². The summed E-state index contributed by atoms with van der Waals surface area (Å²) >= 11 is 0. The van der Waals surface area contributed by atoms with E-state index in [-0.39, 0.29) is 22.0 Å². The smallest absolute Gasteiger partial charge is 0.247 e. The number of methoxy groups -OCH3 is 1. The first kappa shape index (κ1) is 21.7. The van der Waals surface area contributed by atoms with E-state index >= 15 is 0 Å². The van der Waals surface area contributed by atoms with Crippen molar-refractivity contribution in [2.24, 2.45) is 0 Å². The van der Waals surface area contributed by atoms with Crippen LogP contribution in [-0.4, -0.2) is 36.2 Å². The summed E-state index contributed by atoms with van der Waals surface area (Å²) in [6.07, 6.45) is 2.24. The molecule has 3 N–H and O–H groups in total. The van der Waals surface area contributed by atoms with Crippen LogP contribution >= 0.6 is 0 Å². The molecule has 0 spiro atoms. The first-order chi connectivity index (χ1) is 15.1. The van der Waals surface area contributed by atoms with Crippen molar-refractivity contribution in [3.63, 3.8) is 0 Å². The number of anilines is 5. The van der Waals surface area contributed by atoms with Gasteiger partial charge in [-0.05, 0) is 48.5 Å². The maximum absolute atomic E-state index is 14.2. The number of rotatable bonds is 10. The van der Waals surface area contributed by atoms with Gasteiger partial charge in [-0.15, -0.1) is 0 Å². The van der Waals surface area contributed by atoms with Gasteiger partial charge in [-0.3, -0.25) is 4.79 Å². The third-order valence-corrected chi connectivity index (χ3v) is 3.99. The van der Waals surface area contributed by atoms with Crippen molar-refractivity contribution in [3.05, 3.63) is 73.2 Å². The Kier molecular flexibility index (Phi) is 7.50. The molecule has 0 radical (unpaired) electrons. The van der Waals surface area contributed by atoms with Gasteiger partial charge in [0.1, 0.15) is 12.4 Å². The van der Waals surface area contributed by atoms with E-state index in [0.717, 1.165) is 6.20 Å². The number of benzene rings is 2. The molecule has 0 aliphatic heterocycles. The van der Waals surface area contributed by atoms with Gasteiger partial charge in [-0.2, -0.15) is 4.98 Å². The number of ether oxygens (including phenoxy) is 2. The van der Waals surface area contributed by atoms with Gasteiger partial charge in [0.25, 0.3) is 0 Å². The third-order valence-electron chi connectivity index (χ3n) is 3.99. The molecule has 0 aliphatic carbocycles. The van der Waals surface area contributed by atoms with Crippen LogP contribution in [0.2, 0.25) is 0 Å². The highest BCUT2D eigenvalue weighted by Crippen LogP contribution is 2.23. The quantitative estimate of drug-likeness (QED) is 0.308. The fourth-order valence-corrected chi connectivity index (χ4v) is 2.53. The van der Waals surface area contributed by atoms with E-state index in [4.69, 9.17) is 9.47 Å². The van der Waals surface area contributed by atoms with E-state index in [0.29, 0.717) is 36.0 Å². The number of hydrogen-bond donors (Lipinski definition) is 3. The Hall–Kier alpha value is -3.98. The fraction of sp³-hybridized carbons (Fsp3) is 0.136. The number of nitrogens with zero attached hydrogens (tertiary/aromatic N) is 2. The Morgan fingerprint density at radius 2 is 1.90 bits per heavy atom. The van der Waals surface area contributed by atoms with E-state index in [2.05, 4.69) is 32.5 Å². The average molecular weight is 429 g/mol. The predicted octanol–water partition coefficient (Wildman–Crippen LogP) is 4.99. The molecule has 3 aromatic rings. The number of nitrogens with one attached hydrogen (secondary N) is 3. The summed E-state index contributed by atoms with van der Waals surface area (Å²) in [6, 6.07) is 14.0. The normalized spacial score (nSPS) is 10.3. The summed E-state index contributed by atoms with van der Waals surface area (Å²) in [4.78, 5) is 19.6. The summed E-state index contributed by atoms with van der Waals surface area (Å²) < 4.78 is 24.7. The lowest BCUT2D eigenvalue weighted by atomic mass is 10.2. The molecule has 0 atom stereocenters. The van der Waals surface area contributed by atoms with Crippen LogP contribution in [0.15, 0.2) is 67.4 Å². The lowest BCUT2D eigenvalue weighted by Crippen LogP contribution is -2.07. The molecule has 3 rings (SSSR count). The molecule has 9 heteroatoms. The second-order valence-electron chi connectivity index (χ2n) is 6.28. The molecule has 8 nitrogen and oxygen atoms in total. The minimum Gasteiger partial charge on any atom is -0.491 e. The fourth-order valence-electron chi connectivity index (χ4n) is 2.53. The van der Waals surface area contributed by atoms with Crippen LogP contribution < -0.4 is 20.7 Å². The molecule has 1 heterocycles. The molecule has 0 unspecified atom stereocenters. The number of carbonyl (C=O) groups excluding carboxylic acids is 1. The Labute approximate surface area is 183 Å². The highest BCUT2D eigenvalue weighted by atomic mass is 19.1. The van der Waals surface area contributed by atoms with E-state index in [1.807, 2.05) is 0 Å². The molecular formula is C22H28FN5O3. The molecule has 0 aliphatic rings. The summed E-state index contributed by atoms with van der Waals surface area (Å²) in [5.74, 6) is -0.0503. The van der Waals surface area contributed by atoms with Gasteiger partial charge in [0, 0.05) is 28.5 Å². The van der Waals surface area contributed by atoms with Gasteiger partial charge in [0.2, 0.25) is 11.9 Å². The molecule has 31 heavy (non-hydrogen) atoms. The number of hydrogen-bond acceptors (Lipinski definition) is 7. The molecule has 0 bridgehead atoms. The SMILES string of the molecule is C=CC(=O)Nc1cccc(Nc2nc(Nc3ccc(OCCOC)cc3)ncc2F)c1.[HH].[HH].[HH]. The molecule has 0 saturated heterocycles. The van der Waals surface area contributed by atoms with Gasteiger partial charge >= 0.3 is 0 Å². The molecule has 0 fully saturated rings. The van der Waals surface area contributed by atoms with E-state index in [1.165, 1.54) is 6.08 Å². The Morgan fingerprint density at radius 1 is 1.13 bits per heavy atom. The molecule has 1 amide bonds. The molecular weight excluding hydrogens is 401 g/mol. The van der Waals surface area contributed by atoms with Crippen LogP contribution in [0.3, 0.4) is 0 Å². The second-order valence-corrected chi connectivity index (χ2v) is 6.28. The molecule has 166 valence electrons. The van der Waals surface area contributed by atoms with Gasteiger partial charge in [-0.1, -0.05) is 12.6 Å². The topological polar surface area (TPSA) is 97.4 Å². The van der Waals surface area contributed by atoms with Crippen molar-refractivity contribution < 1.29 is 22.9 Å². The lowest BCUT2D eigenvalue weighted by molar-refractivity contribution is -0.111. The summed E-state index contributed by atoms with van der Waals surface area (Å²) in [5.41, 5.74) is 1.80. The zero-order chi connectivity index (χ0) is 22.1. The highest BCUT2D eigenvalue weighted by molar-refractivity contribution is 5.99. The number of carbonyl (C=O) groups is 1.